The first kappa shape index (κ1) is 15.6. The number of aromatic carboxylic acids is 1. The van der Waals surface area contributed by atoms with Crippen LogP contribution in [0.5, 0.6) is 0 Å². The van der Waals surface area contributed by atoms with Gasteiger partial charge in [-0.3, -0.25) is 0 Å². The van der Waals surface area contributed by atoms with Gasteiger partial charge in [-0.1, -0.05) is 13.3 Å². The van der Waals surface area contributed by atoms with Gasteiger partial charge in [0.05, 0.1) is 25.4 Å². The zero-order chi connectivity index (χ0) is 14.1. The lowest BCUT2D eigenvalue weighted by Gasteiger charge is -2.07. The van der Waals surface area contributed by atoms with Gasteiger partial charge in [0.15, 0.2) is 0 Å². The average molecular weight is 270 g/mol. The molecule has 1 aromatic carbocycles. The second-order valence-corrected chi connectivity index (χ2v) is 4.13. The van der Waals surface area contributed by atoms with Gasteiger partial charge in [-0.05, 0) is 24.6 Å². The van der Waals surface area contributed by atoms with Crippen molar-refractivity contribution in [2.24, 2.45) is 0 Å². The summed E-state index contributed by atoms with van der Waals surface area (Å²) in [6, 6.07) is 3.66. The minimum absolute atomic E-state index is 0.0457. The standard InChI is InChI=1S/C14H19FO4/c1-2-3-6-18-7-8-19-10-12-9-11(14(16)17)4-5-13(12)15/h4-5,9H,2-3,6-8,10H2,1H3,(H,16,17). The minimum atomic E-state index is -1.08. The van der Waals surface area contributed by atoms with E-state index in [0.29, 0.717) is 19.8 Å². The number of rotatable bonds is 9. The summed E-state index contributed by atoms with van der Waals surface area (Å²) in [5.74, 6) is -1.54. The fourth-order valence-corrected chi connectivity index (χ4v) is 1.47. The van der Waals surface area contributed by atoms with Gasteiger partial charge in [0.1, 0.15) is 5.82 Å². The molecule has 0 spiro atoms. The van der Waals surface area contributed by atoms with Gasteiger partial charge >= 0.3 is 5.97 Å². The first-order valence-electron chi connectivity index (χ1n) is 6.32. The largest absolute Gasteiger partial charge is 0.478 e. The summed E-state index contributed by atoms with van der Waals surface area (Å²) in [5, 5.41) is 8.81. The molecule has 0 saturated carbocycles. The first-order valence-corrected chi connectivity index (χ1v) is 6.32. The highest BCUT2D eigenvalue weighted by atomic mass is 19.1. The SMILES string of the molecule is CCCCOCCOCc1cc(C(=O)O)ccc1F. The van der Waals surface area contributed by atoms with Gasteiger partial charge in [-0.25, -0.2) is 9.18 Å². The van der Waals surface area contributed by atoms with E-state index in [1.807, 2.05) is 0 Å². The van der Waals surface area contributed by atoms with E-state index >= 15 is 0 Å². The van der Waals surface area contributed by atoms with Gasteiger partial charge in [-0.2, -0.15) is 0 Å². The van der Waals surface area contributed by atoms with Crippen LogP contribution in [0.4, 0.5) is 4.39 Å². The van der Waals surface area contributed by atoms with Gasteiger partial charge < -0.3 is 14.6 Å². The topological polar surface area (TPSA) is 55.8 Å². The van der Waals surface area contributed by atoms with E-state index in [0.717, 1.165) is 18.9 Å². The Bertz CT molecular complexity index is 406. The van der Waals surface area contributed by atoms with Crippen molar-refractivity contribution in [3.8, 4) is 0 Å². The van der Waals surface area contributed by atoms with Crippen molar-refractivity contribution in [2.45, 2.75) is 26.4 Å². The van der Waals surface area contributed by atoms with E-state index in [1.165, 1.54) is 12.1 Å². The predicted octanol–water partition coefficient (Wildman–Crippen LogP) is 2.86. The van der Waals surface area contributed by atoms with Gasteiger partial charge in [-0.15, -0.1) is 0 Å². The van der Waals surface area contributed by atoms with Crippen LogP contribution in [0, 0.1) is 5.82 Å². The molecule has 1 rings (SSSR count). The molecular weight excluding hydrogens is 251 g/mol. The lowest BCUT2D eigenvalue weighted by atomic mass is 10.1. The van der Waals surface area contributed by atoms with Crippen LogP contribution in [-0.4, -0.2) is 30.9 Å². The number of ether oxygens (including phenoxy) is 2. The molecule has 4 nitrogen and oxygen atoms in total. The van der Waals surface area contributed by atoms with E-state index in [1.54, 1.807) is 0 Å². The Morgan fingerprint density at radius 3 is 2.68 bits per heavy atom. The number of carboxylic acids is 1. The molecule has 0 radical (unpaired) electrons. The highest BCUT2D eigenvalue weighted by Gasteiger charge is 2.08. The number of hydrogen-bond donors (Lipinski definition) is 1. The minimum Gasteiger partial charge on any atom is -0.478 e. The molecule has 0 aliphatic rings. The molecular formula is C14H19FO4. The number of carbonyl (C=O) groups is 1. The molecule has 0 aliphatic carbocycles. The van der Waals surface area contributed by atoms with E-state index in [2.05, 4.69) is 6.92 Å². The summed E-state index contributed by atoms with van der Waals surface area (Å²) in [7, 11) is 0. The Morgan fingerprint density at radius 1 is 1.26 bits per heavy atom. The van der Waals surface area contributed by atoms with Crippen molar-refractivity contribution < 1.29 is 23.8 Å². The van der Waals surface area contributed by atoms with Crippen molar-refractivity contribution in [1.82, 2.24) is 0 Å². The Balaban J connectivity index is 2.32. The van der Waals surface area contributed by atoms with Gasteiger partial charge in [0.2, 0.25) is 0 Å². The van der Waals surface area contributed by atoms with Crippen LogP contribution in [0.15, 0.2) is 18.2 Å². The van der Waals surface area contributed by atoms with Crippen molar-refractivity contribution >= 4 is 5.97 Å². The third kappa shape index (κ3) is 5.81. The molecule has 0 bridgehead atoms. The lowest BCUT2D eigenvalue weighted by Crippen LogP contribution is -2.07. The monoisotopic (exact) mass is 270 g/mol. The third-order valence-electron chi connectivity index (χ3n) is 2.56. The summed E-state index contributed by atoms with van der Waals surface area (Å²) in [5.41, 5.74) is 0.299. The second-order valence-electron chi connectivity index (χ2n) is 4.13. The van der Waals surface area contributed by atoms with Crippen molar-refractivity contribution in [2.75, 3.05) is 19.8 Å². The molecule has 0 aromatic heterocycles. The Hall–Kier alpha value is -1.46. The normalized spacial score (nSPS) is 10.6. The summed E-state index contributed by atoms with van der Waals surface area (Å²) in [6.45, 7) is 3.64. The number of benzene rings is 1. The predicted molar refractivity (Wildman–Crippen MR) is 68.7 cm³/mol. The van der Waals surface area contributed by atoms with Crippen LogP contribution >= 0.6 is 0 Å². The molecule has 19 heavy (non-hydrogen) atoms. The van der Waals surface area contributed by atoms with E-state index < -0.39 is 11.8 Å². The van der Waals surface area contributed by atoms with Crippen LogP contribution in [-0.2, 0) is 16.1 Å². The molecule has 0 fully saturated rings. The Labute approximate surface area is 112 Å². The Morgan fingerprint density at radius 2 is 2.00 bits per heavy atom. The molecule has 0 atom stereocenters. The number of unbranched alkanes of at least 4 members (excludes halogenated alkanes) is 1. The van der Waals surface area contributed by atoms with Crippen LogP contribution in [0.25, 0.3) is 0 Å². The molecule has 0 saturated heterocycles. The fourth-order valence-electron chi connectivity index (χ4n) is 1.47. The van der Waals surface area contributed by atoms with Crippen LogP contribution in [0.1, 0.15) is 35.7 Å². The quantitative estimate of drug-likeness (QED) is 0.701. The van der Waals surface area contributed by atoms with Crippen molar-refractivity contribution in [3.05, 3.63) is 35.1 Å². The summed E-state index contributed by atoms with van der Waals surface area (Å²) >= 11 is 0. The molecule has 0 aliphatic heterocycles. The maximum atomic E-state index is 13.4. The maximum absolute atomic E-state index is 13.4. The van der Waals surface area contributed by atoms with E-state index in [-0.39, 0.29) is 17.7 Å². The van der Waals surface area contributed by atoms with Crippen LogP contribution in [0.2, 0.25) is 0 Å². The Kier molecular flexibility index (Phi) is 7.07. The maximum Gasteiger partial charge on any atom is 0.335 e. The number of halogens is 1. The van der Waals surface area contributed by atoms with Gasteiger partial charge in [0, 0.05) is 12.2 Å². The summed E-state index contributed by atoms with van der Waals surface area (Å²) in [4.78, 5) is 10.8. The highest BCUT2D eigenvalue weighted by molar-refractivity contribution is 5.87. The summed E-state index contributed by atoms with van der Waals surface area (Å²) < 4.78 is 24.0. The zero-order valence-electron chi connectivity index (χ0n) is 11.0. The van der Waals surface area contributed by atoms with Gasteiger partial charge in [0.25, 0.3) is 0 Å². The molecule has 5 heteroatoms. The van der Waals surface area contributed by atoms with Crippen molar-refractivity contribution in [1.29, 1.82) is 0 Å². The summed E-state index contributed by atoms with van der Waals surface area (Å²) in [6.07, 6.45) is 2.09. The lowest BCUT2D eigenvalue weighted by molar-refractivity contribution is 0.0387. The zero-order valence-corrected chi connectivity index (χ0v) is 11.0. The average Bonchev–Trinajstić information content (AvgIpc) is 2.39. The molecule has 1 N–H and O–H groups in total. The fraction of sp³-hybridized carbons (Fsp3) is 0.500. The molecule has 106 valence electrons. The number of carboxylic acid groups (broad SMARTS) is 1. The molecule has 0 unspecified atom stereocenters. The molecule has 0 heterocycles. The third-order valence-corrected chi connectivity index (χ3v) is 2.56. The van der Waals surface area contributed by atoms with E-state index in [9.17, 15) is 9.18 Å². The van der Waals surface area contributed by atoms with E-state index in [4.69, 9.17) is 14.6 Å². The van der Waals surface area contributed by atoms with Crippen molar-refractivity contribution in [3.63, 3.8) is 0 Å². The number of hydrogen-bond acceptors (Lipinski definition) is 3. The molecule has 1 aromatic rings. The van der Waals surface area contributed by atoms with Crippen LogP contribution in [0.3, 0.4) is 0 Å². The second kappa shape index (κ2) is 8.61. The van der Waals surface area contributed by atoms with Crippen LogP contribution < -0.4 is 0 Å². The highest BCUT2D eigenvalue weighted by Crippen LogP contribution is 2.12. The molecule has 0 amide bonds. The smallest absolute Gasteiger partial charge is 0.335 e. The first-order chi connectivity index (χ1) is 9.15.